The summed E-state index contributed by atoms with van der Waals surface area (Å²) in [4.78, 5) is 15.7. The molecule has 2 fully saturated rings. The van der Waals surface area contributed by atoms with E-state index in [1.165, 1.54) is 12.1 Å². The highest BCUT2D eigenvalue weighted by Crippen LogP contribution is 2.44. The lowest BCUT2D eigenvalue weighted by molar-refractivity contribution is -0.183. The van der Waals surface area contributed by atoms with E-state index in [1.807, 2.05) is 45.0 Å². The van der Waals surface area contributed by atoms with Crippen LogP contribution >= 0.6 is 0 Å². The Morgan fingerprint density at radius 3 is 2.68 bits per heavy atom. The molecule has 9 heteroatoms. The number of benzene rings is 2. The SMILES string of the molecule is CN(C)CCNC(=O)[C@@]1(OCc2cccc(F)c2)CC(OCc2ccccc2C#N)[C@@H]2OC(C)(C)O[C@@H]2C1. The Hall–Kier alpha value is -2.87. The maximum atomic E-state index is 13.9. The standard InChI is InChI=1S/C29H36FN3O5/c1-28(2)37-25-16-29(27(34)32-12-13-33(3)4,36-18-20-8-7-11-23(30)14-20)15-24(26(25)38-28)35-19-22-10-6-5-9-21(22)17-31/h5-11,14,24-26H,12-13,15-16,18-19H2,1-4H3,(H,32,34)/t24?,25-,26+,29-/m1/s1. The first-order chi connectivity index (χ1) is 18.1. The Bertz CT molecular complexity index is 1170. The fourth-order valence-corrected chi connectivity index (χ4v) is 5.06. The molecule has 4 rings (SSSR count). The Balaban J connectivity index is 1.61. The van der Waals surface area contributed by atoms with Crippen molar-refractivity contribution >= 4 is 5.91 Å². The van der Waals surface area contributed by atoms with E-state index in [-0.39, 0.29) is 37.8 Å². The van der Waals surface area contributed by atoms with Crippen LogP contribution in [0.3, 0.4) is 0 Å². The van der Waals surface area contributed by atoms with Gasteiger partial charge in [0.15, 0.2) is 11.4 Å². The number of nitrogens with one attached hydrogen (secondary N) is 1. The highest BCUT2D eigenvalue weighted by molar-refractivity contribution is 5.85. The van der Waals surface area contributed by atoms with E-state index in [0.29, 0.717) is 24.2 Å². The van der Waals surface area contributed by atoms with Gasteiger partial charge in [0.1, 0.15) is 11.9 Å². The summed E-state index contributed by atoms with van der Waals surface area (Å²) in [5.41, 5.74) is 0.607. The van der Waals surface area contributed by atoms with E-state index >= 15 is 0 Å². The van der Waals surface area contributed by atoms with Crippen molar-refractivity contribution < 1.29 is 28.1 Å². The van der Waals surface area contributed by atoms with Gasteiger partial charge in [-0.3, -0.25) is 4.79 Å². The maximum Gasteiger partial charge on any atom is 0.252 e. The van der Waals surface area contributed by atoms with Crippen LogP contribution in [0.15, 0.2) is 48.5 Å². The molecular weight excluding hydrogens is 489 g/mol. The third kappa shape index (κ3) is 6.76. The van der Waals surface area contributed by atoms with Crippen molar-refractivity contribution in [2.75, 3.05) is 27.2 Å². The molecule has 204 valence electrons. The van der Waals surface area contributed by atoms with Crippen molar-refractivity contribution in [3.63, 3.8) is 0 Å². The summed E-state index contributed by atoms with van der Waals surface area (Å²) < 4.78 is 39.0. The van der Waals surface area contributed by atoms with Gasteiger partial charge in [0.25, 0.3) is 5.91 Å². The number of hydrogen-bond donors (Lipinski definition) is 1. The molecule has 0 aromatic heterocycles. The van der Waals surface area contributed by atoms with Crippen LogP contribution in [0.5, 0.6) is 0 Å². The van der Waals surface area contributed by atoms with Gasteiger partial charge in [-0.25, -0.2) is 4.39 Å². The highest BCUT2D eigenvalue weighted by atomic mass is 19.1. The number of halogens is 1. The Labute approximate surface area is 223 Å². The number of nitrogens with zero attached hydrogens (tertiary/aromatic N) is 2. The first-order valence-electron chi connectivity index (χ1n) is 12.9. The molecule has 0 radical (unpaired) electrons. The lowest BCUT2D eigenvalue weighted by Crippen LogP contribution is -2.60. The minimum Gasteiger partial charge on any atom is -0.371 e. The maximum absolute atomic E-state index is 13.9. The normalized spacial score (nSPS) is 26.1. The molecule has 1 unspecified atom stereocenters. The highest BCUT2D eigenvalue weighted by Gasteiger charge is 2.58. The second-order valence-electron chi connectivity index (χ2n) is 10.6. The van der Waals surface area contributed by atoms with Gasteiger partial charge < -0.3 is 29.2 Å². The fraction of sp³-hybridized carbons (Fsp3) is 0.517. The minimum absolute atomic E-state index is 0.0461. The summed E-state index contributed by atoms with van der Waals surface area (Å²) in [5, 5.41) is 12.5. The second kappa shape index (κ2) is 11.9. The summed E-state index contributed by atoms with van der Waals surface area (Å²) in [6.45, 7) is 4.98. The summed E-state index contributed by atoms with van der Waals surface area (Å²) in [6, 6.07) is 15.6. The first kappa shape index (κ1) is 28.1. The van der Waals surface area contributed by atoms with Gasteiger partial charge in [0.05, 0.1) is 37.1 Å². The zero-order valence-electron chi connectivity index (χ0n) is 22.4. The number of rotatable bonds is 10. The number of fused-ring (bicyclic) bond motifs is 1. The fourth-order valence-electron chi connectivity index (χ4n) is 5.06. The van der Waals surface area contributed by atoms with Crippen LogP contribution < -0.4 is 5.32 Å². The molecule has 1 N–H and O–H groups in total. The van der Waals surface area contributed by atoms with Crippen LogP contribution in [0.1, 0.15) is 43.4 Å². The van der Waals surface area contributed by atoms with Gasteiger partial charge in [-0.2, -0.15) is 5.26 Å². The molecule has 1 aliphatic heterocycles. The third-order valence-corrected chi connectivity index (χ3v) is 6.90. The first-order valence-corrected chi connectivity index (χ1v) is 12.9. The molecule has 1 amide bonds. The smallest absolute Gasteiger partial charge is 0.252 e. The van der Waals surface area contributed by atoms with Crippen LogP contribution in [-0.4, -0.2) is 67.7 Å². The quantitative estimate of drug-likeness (QED) is 0.507. The van der Waals surface area contributed by atoms with Crippen LogP contribution in [-0.2, 0) is 37.0 Å². The van der Waals surface area contributed by atoms with E-state index in [2.05, 4.69) is 11.4 Å². The molecule has 1 aliphatic carbocycles. The van der Waals surface area contributed by atoms with Gasteiger partial charge in [-0.15, -0.1) is 0 Å². The van der Waals surface area contributed by atoms with Crippen molar-refractivity contribution in [3.8, 4) is 6.07 Å². The summed E-state index contributed by atoms with van der Waals surface area (Å²) in [5.74, 6) is -1.50. The zero-order chi connectivity index (χ0) is 27.3. The van der Waals surface area contributed by atoms with E-state index in [0.717, 1.165) is 5.56 Å². The number of amides is 1. The van der Waals surface area contributed by atoms with Crippen LogP contribution in [0.4, 0.5) is 4.39 Å². The van der Waals surface area contributed by atoms with Gasteiger partial charge >= 0.3 is 0 Å². The lowest BCUT2D eigenvalue weighted by atomic mass is 9.78. The molecular formula is C29H36FN3O5. The average molecular weight is 526 g/mol. The Morgan fingerprint density at radius 2 is 1.95 bits per heavy atom. The molecule has 2 aromatic carbocycles. The topological polar surface area (TPSA) is 93.1 Å². The largest absolute Gasteiger partial charge is 0.371 e. The van der Waals surface area contributed by atoms with Gasteiger partial charge in [-0.05, 0) is 57.3 Å². The van der Waals surface area contributed by atoms with E-state index in [1.54, 1.807) is 24.3 Å². The summed E-state index contributed by atoms with van der Waals surface area (Å²) in [7, 11) is 3.87. The molecule has 8 nitrogen and oxygen atoms in total. The number of carbonyl (C=O) groups excluding carboxylic acids is 1. The summed E-state index contributed by atoms with van der Waals surface area (Å²) in [6.07, 6.45) is -0.944. The van der Waals surface area contributed by atoms with Gasteiger partial charge in [0, 0.05) is 25.9 Å². The predicted molar refractivity (Wildman–Crippen MR) is 138 cm³/mol. The Kier molecular flexibility index (Phi) is 8.81. The van der Waals surface area contributed by atoms with Crippen LogP contribution in [0, 0.1) is 17.1 Å². The predicted octanol–water partition coefficient (Wildman–Crippen LogP) is 3.53. The molecule has 2 aliphatic rings. The Morgan fingerprint density at radius 1 is 1.16 bits per heavy atom. The van der Waals surface area contributed by atoms with Crippen LogP contribution in [0.25, 0.3) is 0 Å². The van der Waals surface area contributed by atoms with Gasteiger partial charge in [-0.1, -0.05) is 30.3 Å². The van der Waals surface area contributed by atoms with E-state index in [4.69, 9.17) is 18.9 Å². The summed E-state index contributed by atoms with van der Waals surface area (Å²) >= 11 is 0. The molecule has 38 heavy (non-hydrogen) atoms. The lowest BCUT2D eigenvalue weighted by Gasteiger charge is -2.43. The number of likely N-dealkylation sites (N-methyl/N-ethyl adjacent to an activating group) is 1. The second-order valence-corrected chi connectivity index (χ2v) is 10.6. The van der Waals surface area contributed by atoms with Crippen molar-refractivity contribution in [1.29, 1.82) is 5.26 Å². The average Bonchev–Trinajstić information content (AvgIpc) is 3.19. The minimum atomic E-state index is -1.29. The van der Waals surface area contributed by atoms with E-state index < -0.39 is 29.7 Å². The molecule has 0 spiro atoms. The van der Waals surface area contributed by atoms with Crippen molar-refractivity contribution in [2.24, 2.45) is 0 Å². The molecule has 1 saturated heterocycles. The number of carbonyl (C=O) groups is 1. The van der Waals surface area contributed by atoms with Crippen molar-refractivity contribution in [2.45, 2.75) is 69.6 Å². The van der Waals surface area contributed by atoms with Gasteiger partial charge in [0.2, 0.25) is 0 Å². The van der Waals surface area contributed by atoms with Crippen molar-refractivity contribution in [3.05, 3.63) is 71.0 Å². The molecule has 1 heterocycles. The zero-order valence-corrected chi connectivity index (χ0v) is 22.4. The molecule has 1 saturated carbocycles. The molecule has 0 bridgehead atoms. The molecule has 4 atom stereocenters. The van der Waals surface area contributed by atoms with Crippen LogP contribution in [0.2, 0.25) is 0 Å². The number of hydrogen-bond acceptors (Lipinski definition) is 7. The molecule has 2 aromatic rings. The number of nitriles is 1. The van der Waals surface area contributed by atoms with E-state index in [9.17, 15) is 14.4 Å². The number of ether oxygens (including phenoxy) is 4. The monoisotopic (exact) mass is 525 g/mol. The third-order valence-electron chi connectivity index (χ3n) is 6.90. The van der Waals surface area contributed by atoms with Crippen molar-refractivity contribution in [1.82, 2.24) is 10.2 Å².